The van der Waals surface area contributed by atoms with Crippen molar-refractivity contribution >= 4 is 17.0 Å². The molecule has 1 aliphatic rings. The number of aromatic nitrogens is 2. The second kappa shape index (κ2) is 4.56. The molecule has 2 aromatic rings. The van der Waals surface area contributed by atoms with E-state index in [1.54, 1.807) is 6.07 Å². The van der Waals surface area contributed by atoms with Gasteiger partial charge in [-0.25, -0.2) is 4.98 Å². The first-order chi connectivity index (χ1) is 9.19. The quantitative estimate of drug-likeness (QED) is 0.890. The lowest BCUT2D eigenvalue weighted by molar-refractivity contribution is 0.102. The van der Waals surface area contributed by atoms with Crippen molar-refractivity contribution in [3.8, 4) is 6.07 Å². The Morgan fingerprint density at radius 1 is 1.58 bits per heavy atom. The Morgan fingerprint density at radius 2 is 2.42 bits per heavy atom. The first-order valence-electron chi connectivity index (χ1n) is 6.46. The van der Waals surface area contributed by atoms with Crippen LogP contribution in [-0.2, 0) is 11.3 Å². The zero-order chi connectivity index (χ0) is 13.4. The lowest BCUT2D eigenvalue weighted by Crippen LogP contribution is -2.19. The SMILES string of the molecule is CC1OCCC1Cn1c(N)nc2ccc(C#N)cc21. The Morgan fingerprint density at radius 3 is 3.11 bits per heavy atom. The van der Waals surface area contributed by atoms with E-state index >= 15 is 0 Å². The molecule has 0 spiro atoms. The molecule has 5 nitrogen and oxygen atoms in total. The minimum Gasteiger partial charge on any atom is -0.378 e. The lowest BCUT2D eigenvalue weighted by atomic mass is 10.0. The van der Waals surface area contributed by atoms with Crippen LogP contribution in [-0.4, -0.2) is 22.3 Å². The summed E-state index contributed by atoms with van der Waals surface area (Å²) >= 11 is 0. The van der Waals surface area contributed by atoms with Crippen molar-refractivity contribution in [1.82, 2.24) is 9.55 Å². The van der Waals surface area contributed by atoms with E-state index in [1.165, 1.54) is 0 Å². The zero-order valence-corrected chi connectivity index (χ0v) is 10.8. The molecule has 0 aliphatic carbocycles. The number of fused-ring (bicyclic) bond motifs is 1. The number of nitrogens with two attached hydrogens (primary N) is 1. The van der Waals surface area contributed by atoms with Gasteiger partial charge in [-0.1, -0.05) is 0 Å². The Bertz CT molecular complexity index is 655. The van der Waals surface area contributed by atoms with E-state index in [0.29, 0.717) is 17.4 Å². The summed E-state index contributed by atoms with van der Waals surface area (Å²) in [6.45, 7) is 3.69. The number of nitrogen functional groups attached to an aromatic ring is 1. The second-order valence-corrected chi connectivity index (χ2v) is 5.02. The summed E-state index contributed by atoms with van der Waals surface area (Å²) in [4.78, 5) is 4.35. The van der Waals surface area contributed by atoms with Crippen molar-refractivity contribution in [2.24, 2.45) is 5.92 Å². The molecule has 0 amide bonds. The molecule has 1 fully saturated rings. The number of hydrogen-bond acceptors (Lipinski definition) is 4. The Balaban J connectivity index is 2.02. The van der Waals surface area contributed by atoms with Crippen LogP contribution >= 0.6 is 0 Å². The van der Waals surface area contributed by atoms with Crippen molar-refractivity contribution in [3.05, 3.63) is 23.8 Å². The van der Waals surface area contributed by atoms with Crippen LogP contribution in [0.4, 0.5) is 5.95 Å². The fraction of sp³-hybridized carbons (Fsp3) is 0.429. The number of nitrogens with zero attached hydrogens (tertiary/aromatic N) is 3. The van der Waals surface area contributed by atoms with Crippen molar-refractivity contribution in [2.45, 2.75) is 26.0 Å². The average molecular weight is 256 g/mol. The minimum atomic E-state index is 0.246. The molecule has 2 heterocycles. The van der Waals surface area contributed by atoms with Gasteiger partial charge in [0.1, 0.15) is 0 Å². The van der Waals surface area contributed by atoms with Crippen LogP contribution in [0.25, 0.3) is 11.0 Å². The summed E-state index contributed by atoms with van der Waals surface area (Å²) in [7, 11) is 0. The van der Waals surface area contributed by atoms with Gasteiger partial charge in [0.2, 0.25) is 5.95 Å². The highest BCUT2D eigenvalue weighted by Crippen LogP contribution is 2.26. The van der Waals surface area contributed by atoms with Crippen LogP contribution in [0.5, 0.6) is 0 Å². The van der Waals surface area contributed by atoms with Gasteiger partial charge in [0.15, 0.2) is 0 Å². The normalized spacial score (nSPS) is 22.7. The van der Waals surface area contributed by atoms with E-state index in [0.717, 1.165) is 30.6 Å². The molecule has 0 radical (unpaired) electrons. The third-order valence-corrected chi connectivity index (χ3v) is 3.86. The molecular weight excluding hydrogens is 240 g/mol. The summed E-state index contributed by atoms with van der Waals surface area (Å²) in [5, 5.41) is 8.99. The first kappa shape index (κ1) is 12.0. The van der Waals surface area contributed by atoms with E-state index in [-0.39, 0.29) is 6.10 Å². The smallest absolute Gasteiger partial charge is 0.201 e. The molecule has 5 heteroatoms. The van der Waals surface area contributed by atoms with Crippen LogP contribution in [0.3, 0.4) is 0 Å². The van der Waals surface area contributed by atoms with Crippen molar-refractivity contribution in [3.63, 3.8) is 0 Å². The third kappa shape index (κ3) is 2.04. The molecule has 2 N–H and O–H groups in total. The van der Waals surface area contributed by atoms with Crippen molar-refractivity contribution in [1.29, 1.82) is 5.26 Å². The summed E-state index contributed by atoms with van der Waals surface area (Å²) in [6.07, 6.45) is 1.29. The predicted octanol–water partition coefficient (Wildman–Crippen LogP) is 1.92. The molecular formula is C14H16N4O. The van der Waals surface area contributed by atoms with Gasteiger partial charge in [-0.05, 0) is 31.5 Å². The van der Waals surface area contributed by atoms with Gasteiger partial charge in [-0.2, -0.15) is 5.26 Å². The monoisotopic (exact) mass is 256 g/mol. The van der Waals surface area contributed by atoms with Gasteiger partial charge < -0.3 is 15.0 Å². The fourth-order valence-electron chi connectivity index (χ4n) is 2.65. The number of benzene rings is 1. The maximum absolute atomic E-state index is 8.99. The van der Waals surface area contributed by atoms with Gasteiger partial charge in [0, 0.05) is 19.1 Å². The number of rotatable bonds is 2. The molecule has 0 bridgehead atoms. The molecule has 1 saturated heterocycles. The summed E-state index contributed by atoms with van der Waals surface area (Å²) in [6, 6.07) is 7.60. The third-order valence-electron chi connectivity index (χ3n) is 3.86. The number of imidazole rings is 1. The summed E-state index contributed by atoms with van der Waals surface area (Å²) in [5.74, 6) is 0.953. The highest BCUT2D eigenvalue weighted by Gasteiger charge is 2.25. The van der Waals surface area contributed by atoms with E-state index in [9.17, 15) is 0 Å². The van der Waals surface area contributed by atoms with Crippen LogP contribution in [0.15, 0.2) is 18.2 Å². The zero-order valence-electron chi connectivity index (χ0n) is 10.8. The van der Waals surface area contributed by atoms with Gasteiger partial charge in [0.25, 0.3) is 0 Å². The highest BCUT2D eigenvalue weighted by molar-refractivity contribution is 5.79. The second-order valence-electron chi connectivity index (χ2n) is 5.02. The number of nitriles is 1. The maximum atomic E-state index is 8.99. The number of anilines is 1. The van der Waals surface area contributed by atoms with Crippen LogP contribution in [0.1, 0.15) is 18.9 Å². The fourth-order valence-corrected chi connectivity index (χ4v) is 2.65. The van der Waals surface area contributed by atoms with Gasteiger partial charge in [-0.15, -0.1) is 0 Å². The maximum Gasteiger partial charge on any atom is 0.201 e. The largest absolute Gasteiger partial charge is 0.378 e. The standard InChI is InChI=1S/C14H16N4O/c1-9-11(4-5-19-9)8-18-13-6-10(7-15)2-3-12(13)17-14(18)16/h2-3,6,9,11H,4-5,8H2,1H3,(H2,16,17). The van der Waals surface area contributed by atoms with E-state index in [2.05, 4.69) is 18.0 Å². The molecule has 2 atom stereocenters. The molecule has 1 aromatic carbocycles. The summed E-state index contributed by atoms with van der Waals surface area (Å²) in [5.41, 5.74) is 8.39. The molecule has 0 saturated carbocycles. The Hall–Kier alpha value is -2.06. The molecule has 19 heavy (non-hydrogen) atoms. The average Bonchev–Trinajstić information content (AvgIpc) is 2.94. The molecule has 3 rings (SSSR count). The molecule has 98 valence electrons. The van der Waals surface area contributed by atoms with E-state index < -0.39 is 0 Å². The molecule has 1 aromatic heterocycles. The van der Waals surface area contributed by atoms with Gasteiger partial charge in [0.05, 0.1) is 28.8 Å². The number of ether oxygens (including phenoxy) is 1. The van der Waals surface area contributed by atoms with Crippen molar-refractivity contribution < 1.29 is 4.74 Å². The topological polar surface area (TPSA) is 76.9 Å². The van der Waals surface area contributed by atoms with Crippen LogP contribution < -0.4 is 5.73 Å². The van der Waals surface area contributed by atoms with Crippen LogP contribution in [0.2, 0.25) is 0 Å². The van der Waals surface area contributed by atoms with E-state index in [1.807, 2.05) is 16.7 Å². The minimum absolute atomic E-state index is 0.246. The first-order valence-corrected chi connectivity index (χ1v) is 6.46. The van der Waals surface area contributed by atoms with Crippen LogP contribution in [0, 0.1) is 17.2 Å². The number of hydrogen-bond donors (Lipinski definition) is 1. The van der Waals surface area contributed by atoms with Crippen molar-refractivity contribution in [2.75, 3.05) is 12.3 Å². The van der Waals surface area contributed by atoms with Gasteiger partial charge in [-0.3, -0.25) is 0 Å². The molecule has 2 unspecified atom stereocenters. The molecule has 1 aliphatic heterocycles. The lowest BCUT2D eigenvalue weighted by Gasteiger charge is -2.16. The Labute approximate surface area is 111 Å². The highest BCUT2D eigenvalue weighted by atomic mass is 16.5. The van der Waals surface area contributed by atoms with E-state index in [4.69, 9.17) is 15.7 Å². The summed E-state index contributed by atoms with van der Waals surface area (Å²) < 4.78 is 7.58. The van der Waals surface area contributed by atoms with Gasteiger partial charge >= 0.3 is 0 Å². The Kier molecular flexibility index (Phi) is 2.88. The predicted molar refractivity (Wildman–Crippen MR) is 72.4 cm³/mol.